The monoisotopic (exact) mass is 606 g/mol. The number of amides is 2. The lowest BCUT2D eigenvalue weighted by molar-refractivity contribution is 0.0772. The van der Waals surface area contributed by atoms with Crippen LogP contribution in [0.15, 0.2) is 95.8 Å². The molecule has 0 saturated carbocycles. The number of nitrogens with one attached hydrogen (secondary N) is 1. The molecule has 0 spiro atoms. The molecular weight excluding hydrogens is 574 g/mol. The highest BCUT2D eigenvalue weighted by Gasteiger charge is 2.35. The summed E-state index contributed by atoms with van der Waals surface area (Å²) in [6, 6.07) is 23.8. The predicted octanol–water partition coefficient (Wildman–Crippen LogP) is 5.93. The molecule has 2 atom stereocenters. The van der Waals surface area contributed by atoms with Crippen LogP contribution in [0.1, 0.15) is 50.7 Å². The zero-order valence-corrected chi connectivity index (χ0v) is 24.6. The molecule has 3 aliphatic rings. The molecule has 4 heterocycles. The highest BCUT2D eigenvalue weighted by Crippen LogP contribution is 2.39. The van der Waals surface area contributed by atoms with Gasteiger partial charge in [-0.25, -0.2) is 8.78 Å². The van der Waals surface area contributed by atoms with E-state index in [-0.39, 0.29) is 23.3 Å². The second-order valence-corrected chi connectivity index (χ2v) is 12.0. The molecule has 7 rings (SSSR count). The van der Waals surface area contributed by atoms with Crippen LogP contribution < -0.4 is 15.8 Å². The van der Waals surface area contributed by atoms with Crippen LogP contribution in [-0.4, -0.2) is 47.5 Å². The Morgan fingerprint density at radius 2 is 1.62 bits per heavy atom. The van der Waals surface area contributed by atoms with Gasteiger partial charge in [-0.3, -0.25) is 14.4 Å². The minimum absolute atomic E-state index is 0.0122. The molecule has 3 aliphatic heterocycles. The van der Waals surface area contributed by atoms with E-state index < -0.39 is 23.1 Å². The van der Waals surface area contributed by atoms with Gasteiger partial charge < -0.3 is 19.7 Å². The van der Waals surface area contributed by atoms with E-state index in [1.165, 1.54) is 11.6 Å². The highest BCUT2D eigenvalue weighted by molar-refractivity contribution is 6.07. The van der Waals surface area contributed by atoms with Crippen LogP contribution in [0.4, 0.5) is 20.2 Å². The summed E-state index contributed by atoms with van der Waals surface area (Å²) in [4.78, 5) is 43.4. The van der Waals surface area contributed by atoms with Crippen LogP contribution in [-0.2, 0) is 6.54 Å². The highest BCUT2D eigenvalue weighted by atomic mass is 19.1. The van der Waals surface area contributed by atoms with E-state index in [4.69, 9.17) is 0 Å². The molecule has 3 aromatic carbocycles. The first-order chi connectivity index (χ1) is 21.9. The number of piperidine rings is 1. The summed E-state index contributed by atoms with van der Waals surface area (Å²) in [6.45, 7) is 2.79. The Labute approximate surface area is 259 Å². The van der Waals surface area contributed by atoms with E-state index >= 15 is 0 Å². The van der Waals surface area contributed by atoms with Gasteiger partial charge in [0.1, 0.15) is 17.2 Å². The number of rotatable bonds is 5. The lowest BCUT2D eigenvalue weighted by Crippen LogP contribution is -2.47. The first kappa shape index (κ1) is 28.7. The molecule has 4 aromatic rings. The van der Waals surface area contributed by atoms with E-state index in [0.29, 0.717) is 56.1 Å². The summed E-state index contributed by atoms with van der Waals surface area (Å²) < 4.78 is 31.0. The quantitative estimate of drug-likeness (QED) is 0.306. The fraction of sp³-hybridized carbons (Fsp3) is 0.250. The van der Waals surface area contributed by atoms with E-state index in [0.717, 1.165) is 29.8 Å². The van der Waals surface area contributed by atoms with Gasteiger partial charge in [-0.15, -0.1) is 0 Å². The third-order valence-electron chi connectivity index (χ3n) is 9.14. The number of halogens is 2. The Bertz CT molecular complexity index is 1870. The number of aromatic nitrogens is 1. The molecule has 228 valence electrons. The van der Waals surface area contributed by atoms with Crippen LogP contribution in [0.5, 0.6) is 0 Å². The summed E-state index contributed by atoms with van der Waals surface area (Å²) in [5.74, 6) is -2.76. The molecule has 1 N–H and O–H groups in total. The van der Waals surface area contributed by atoms with Gasteiger partial charge in [0.15, 0.2) is 0 Å². The van der Waals surface area contributed by atoms with Crippen molar-refractivity contribution in [3.63, 3.8) is 0 Å². The molecule has 9 heteroatoms. The number of pyridine rings is 1. The number of benzene rings is 3. The molecule has 2 bridgehead atoms. The molecule has 1 fully saturated rings. The molecule has 2 amide bonds. The molecule has 0 aliphatic carbocycles. The average molecular weight is 607 g/mol. The van der Waals surface area contributed by atoms with Crippen LogP contribution in [0.2, 0.25) is 0 Å². The van der Waals surface area contributed by atoms with Crippen molar-refractivity contribution in [3.05, 3.63) is 135 Å². The van der Waals surface area contributed by atoms with Crippen LogP contribution in [0.25, 0.3) is 5.57 Å². The summed E-state index contributed by atoms with van der Waals surface area (Å²) >= 11 is 0. The first-order valence-corrected chi connectivity index (χ1v) is 15.2. The predicted molar refractivity (Wildman–Crippen MR) is 169 cm³/mol. The molecule has 45 heavy (non-hydrogen) atoms. The summed E-state index contributed by atoms with van der Waals surface area (Å²) in [5.41, 5.74) is 3.93. The molecule has 0 radical (unpaired) electrons. The number of carbonyl (C=O) groups is 2. The van der Waals surface area contributed by atoms with Gasteiger partial charge in [0.2, 0.25) is 0 Å². The van der Waals surface area contributed by atoms with Gasteiger partial charge in [-0.2, -0.15) is 0 Å². The van der Waals surface area contributed by atoms with Crippen molar-refractivity contribution in [2.24, 2.45) is 5.92 Å². The molecule has 7 nitrogen and oxygen atoms in total. The number of hydrogen-bond donors (Lipinski definition) is 1. The maximum atomic E-state index is 14.6. The zero-order valence-electron chi connectivity index (χ0n) is 24.6. The standard InChI is InChI=1S/C36H32F2N4O3/c37-28-8-4-9-29(38)34(28)35(44)39-30-19-26(36(45)40-16-14-25(15-17-40)24-6-2-1-3-7-24)12-13-32(30)41-20-23-18-27(22-41)31-10-5-11-33(43)42(31)21-23/h1-14,19,23,27H,15-18,20-22H2,(H,39,44). The van der Waals surface area contributed by atoms with Crippen molar-refractivity contribution in [3.8, 4) is 0 Å². The molecule has 2 unspecified atom stereocenters. The van der Waals surface area contributed by atoms with Crippen molar-refractivity contribution in [1.29, 1.82) is 0 Å². The maximum Gasteiger partial charge on any atom is 0.261 e. The Morgan fingerprint density at radius 1 is 0.844 bits per heavy atom. The SMILES string of the molecule is O=C(Nc1cc(C(=O)N2CC=C(c3ccccc3)CC2)ccc1N1CC2CC(C1)c1cccc(=O)n1C2)c1c(F)cccc1F. The van der Waals surface area contributed by atoms with Crippen molar-refractivity contribution in [2.45, 2.75) is 25.3 Å². The Kier molecular flexibility index (Phi) is 7.53. The lowest BCUT2D eigenvalue weighted by atomic mass is 9.83. The molecular formula is C36H32F2N4O3. The van der Waals surface area contributed by atoms with Gasteiger partial charge in [0.25, 0.3) is 17.4 Å². The van der Waals surface area contributed by atoms with E-state index in [1.54, 1.807) is 35.2 Å². The van der Waals surface area contributed by atoms with Gasteiger partial charge >= 0.3 is 0 Å². The molecule has 1 aromatic heterocycles. The number of nitrogens with zero attached hydrogens (tertiary/aromatic N) is 3. The average Bonchev–Trinajstić information content (AvgIpc) is 3.05. The number of carbonyl (C=O) groups excluding carboxylic acids is 2. The fourth-order valence-corrected chi connectivity index (χ4v) is 6.99. The minimum atomic E-state index is -0.967. The van der Waals surface area contributed by atoms with Gasteiger partial charge in [-0.05, 0) is 66.3 Å². The van der Waals surface area contributed by atoms with Crippen molar-refractivity contribution < 1.29 is 18.4 Å². The number of fused-ring (bicyclic) bond motifs is 4. The Hall–Kier alpha value is -5.05. The fourth-order valence-electron chi connectivity index (χ4n) is 6.99. The van der Waals surface area contributed by atoms with Gasteiger partial charge in [-0.1, -0.05) is 48.5 Å². The Morgan fingerprint density at radius 3 is 2.38 bits per heavy atom. The first-order valence-electron chi connectivity index (χ1n) is 15.2. The lowest BCUT2D eigenvalue weighted by Gasteiger charge is -2.44. The normalized spacial score (nSPS) is 19.0. The van der Waals surface area contributed by atoms with Crippen LogP contribution in [0, 0.1) is 17.6 Å². The summed E-state index contributed by atoms with van der Waals surface area (Å²) in [6.07, 6.45) is 3.71. The summed E-state index contributed by atoms with van der Waals surface area (Å²) in [5, 5.41) is 2.73. The number of hydrogen-bond acceptors (Lipinski definition) is 4. The third-order valence-corrected chi connectivity index (χ3v) is 9.14. The zero-order chi connectivity index (χ0) is 31.1. The summed E-state index contributed by atoms with van der Waals surface area (Å²) in [7, 11) is 0. The topological polar surface area (TPSA) is 74.7 Å². The van der Waals surface area contributed by atoms with E-state index in [1.807, 2.05) is 28.8 Å². The molecule has 1 saturated heterocycles. The van der Waals surface area contributed by atoms with E-state index in [2.05, 4.69) is 28.4 Å². The van der Waals surface area contributed by atoms with Crippen LogP contribution >= 0.6 is 0 Å². The Balaban J connectivity index is 1.20. The van der Waals surface area contributed by atoms with Crippen molar-refractivity contribution >= 4 is 28.8 Å². The van der Waals surface area contributed by atoms with Gasteiger partial charge in [0, 0.05) is 56.0 Å². The van der Waals surface area contributed by atoms with Crippen molar-refractivity contribution in [2.75, 3.05) is 36.4 Å². The van der Waals surface area contributed by atoms with Gasteiger partial charge in [0.05, 0.1) is 11.4 Å². The van der Waals surface area contributed by atoms with E-state index in [9.17, 15) is 23.2 Å². The van der Waals surface area contributed by atoms with Crippen LogP contribution in [0.3, 0.4) is 0 Å². The second-order valence-electron chi connectivity index (χ2n) is 12.0. The van der Waals surface area contributed by atoms with Crippen molar-refractivity contribution in [1.82, 2.24) is 9.47 Å². The number of anilines is 2. The maximum absolute atomic E-state index is 14.6. The minimum Gasteiger partial charge on any atom is -0.369 e. The smallest absolute Gasteiger partial charge is 0.261 e. The largest absolute Gasteiger partial charge is 0.369 e. The second kappa shape index (κ2) is 11.8. The third kappa shape index (κ3) is 5.54.